The number of thiophene rings is 1. The molecule has 1 fully saturated rings. The number of nitrogens with one attached hydrogen (secondary N) is 3. The molecule has 0 saturated carbocycles. The maximum absolute atomic E-state index is 12.8. The van der Waals surface area contributed by atoms with E-state index in [1.165, 1.54) is 11.3 Å². The first kappa shape index (κ1) is 22.6. The molecule has 33 heavy (non-hydrogen) atoms. The highest BCUT2D eigenvalue weighted by atomic mass is 32.1. The van der Waals surface area contributed by atoms with Gasteiger partial charge in [-0.3, -0.25) is 20.4 Å². The highest BCUT2D eigenvalue weighted by Gasteiger charge is 2.22. The summed E-state index contributed by atoms with van der Waals surface area (Å²) < 4.78 is 10.6. The van der Waals surface area contributed by atoms with Gasteiger partial charge in [-0.15, -0.1) is 11.3 Å². The second kappa shape index (κ2) is 10.8. The maximum Gasteiger partial charge on any atom is 0.279 e. The molecule has 172 valence electrons. The van der Waals surface area contributed by atoms with E-state index in [9.17, 15) is 9.59 Å². The lowest BCUT2D eigenvalue weighted by molar-refractivity contribution is -0.120. The van der Waals surface area contributed by atoms with Gasteiger partial charge in [-0.25, -0.2) is 0 Å². The fourth-order valence-corrected chi connectivity index (χ4v) is 4.57. The summed E-state index contributed by atoms with van der Waals surface area (Å²) in [7, 11) is 1.60. The van der Waals surface area contributed by atoms with Crippen LogP contribution in [0.25, 0.3) is 11.1 Å². The molecule has 2 aromatic carbocycles. The molecule has 9 heteroatoms. The molecule has 2 heterocycles. The van der Waals surface area contributed by atoms with E-state index in [-0.39, 0.29) is 18.4 Å². The number of ether oxygens (including phenoxy) is 2. The average molecular weight is 467 g/mol. The number of carbonyl (C=O) groups excluding carboxylic acids is 2. The summed E-state index contributed by atoms with van der Waals surface area (Å²) in [5.41, 5.74) is 7.81. The average Bonchev–Trinajstić information content (AvgIpc) is 3.33. The number of hydrogen-bond acceptors (Lipinski definition) is 7. The van der Waals surface area contributed by atoms with E-state index in [1.54, 1.807) is 19.2 Å². The van der Waals surface area contributed by atoms with Gasteiger partial charge in [0.1, 0.15) is 5.75 Å². The van der Waals surface area contributed by atoms with E-state index >= 15 is 0 Å². The standard InChI is InChI=1S/C24H26N4O4S/c1-31-19-9-7-18(8-10-19)25-16-22(29)26-27-23(30)21-15-20(17-5-3-2-4-6-17)24(33-21)28-11-13-32-14-12-28/h2-10,15,25H,11-14,16H2,1H3,(H,26,29)(H,27,30). The number of amides is 2. The molecule has 1 aliphatic rings. The Kier molecular flexibility index (Phi) is 7.43. The van der Waals surface area contributed by atoms with Crippen molar-refractivity contribution in [3.8, 4) is 16.9 Å². The van der Waals surface area contributed by atoms with E-state index in [0.717, 1.165) is 40.7 Å². The van der Waals surface area contributed by atoms with Gasteiger partial charge in [-0.05, 0) is 35.9 Å². The molecule has 0 atom stereocenters. The van der Waals surface area contributed by atoms with Crippen LogP contribution < -0.4 is 25.8 Å². The molecule has 3 N–H and O–H groups in total. The number of hydrogen-bond donors (Lipinski definition) is 3. The van der Waals surface area contributed by atoms with Gasteiger partial charge in [-0.1, -0.05) is 30.3 Å². The Morgan fingerprint density at radius 1 is 1.03 bits per heavy atom. The van der Waals surface area contributed by atoms with Crippen LogP contribution in [0.4, 0.5) is 10.7 Å². The summed E-state index contributed by atoms with van der Waals surface area (Å²) in [6.07, 6.45) is 0. The van der Waals surface area contributed by atoms with E-state index in [0.29, 0.717) is 18.1 Å². The van der Waals surface area contributed by atoms with Crippen molar-refractivity contribution in [3.05, 3.63) is 65.5 Å². The van der Waals surface area contributed by atoms with Crippen molar-refractivity contribution in [2.45, 2.75) is 0 Å². The van der Waals surface area contributed by atoms with Gasteiger partial charge in [0, 0.05) is 24.3 Å². The van der Waals surface area contributed by atoms with Crippen LogP contribution in [0.5, 0.6) is 5.75 Å². The Hall–Kier alpha value is -3.56. The first-order chi connectivity index (χ1) is 16.1. The molecule has 0 unspecified atom stereocenters. The Bertz CT molecular complexity index is 1080. The molecule has 0 aliphatic carbocycles. The third-order valence-corrected chi connectivity index (χ3v) is 6.37. The summed E-state index contributed by atoms with van der Waals surface area (Å²) in [5.74, 6) is 0.0291. The van der Waals surface area contributed by atoms with E-state index in [2.05, 4.69) is 21.1 Å². The largest absolute Gasteiger partial charge is 0.497 e. The number of anilines is 2. The number of carbonyl (C=O) groups is 2. The summed E-state index contributed by atoms with van der Waals surface area (Å²) in [5, 5.41) is 4.03. The monoisotopic (exact) mass is 466 g/mol. The van der Waals surface area contributed by atoms with Crippen LogP contribution in [0.15, 0.2) is 60.7 Å². The lowest BCUT2D eigenvalue weighted by atomic mass is 10.1. The van der Waals surface area contributed by atoms with E-state index in [1.807, 2.05) is 48.5 Å². The highest BCUT2D eigenvalue weighted by Crippen LogP contribution is 2.39. The van der Waals surface area contributed by atoms with Crippen molar-refractivity contribution in [1.82, 2.24) is 10.9 Å². The summed E-state index contributed by atoms with van der Waals surface area (Å²) in [6.45, 7) is 2.88. The molecule has 3 aromatic rings. The van der Waals surface area contributed by atoms with Crippen molar-refractivity contribution in [2.75, 3.05) is 50.2 Å². The predicted molar refractivity (Wildman–Crippen MR) is 130 cm³/mol. The van der Waals surface area contributed by atoms with Crippen molar-refractivity contribution < 1.29 is 19.1 Å². The summed E-state index contributed by atoms with van der Waals surface area (Å²) in [6, 6.07) is 19.1. The zero-order chi connectivity index (χ0) is 23.0. The van der Waals surface area contributed by atoms with Gasteiger partial charge in [0.25, 0.3) is 11.8 Å². The van der Waals surface area contributed by atoms with Crippen LogP contribution in [0, 0.1) is 0 Å². The lowest BCUT2D eigenvalue weighted by Crippen LogP contribution is -2.43. The van der Waals surface area contributed by atoms with Crippen LogP contribution in [0.1, 0.15) is 9.67 Å². The fraction of sp³-hybridized carbons (Fsp3) is 0.250. The molecule has 4 rings (SSSR count). The van der Waals surface area contributed by atoms with Gasteiger partial charge in [0.05, 0.1) is 36.7 Å². The van der Waals surface area contributed by atoms with Gasteiger partial charge in [-0.2, -0.15) is 0 Å². The second-order valence-corrected chi connectivity index (χ2v) is 8.41. The molecule has 1 saturated heterocycles. The molecular weight excluding hydrogens is 440 g/mol. The highest BCUT2D eigenvalue weighted by molar-refractivity contribution is 7.18. The zero-order valence-corrected chi connectivity index (χ0v) is 19.1. The first-order valence-corrected chi connectivity index (χ1v) is 11.4. The third kappa shape index (κ3) is 5.82. The minimum absolute atomic E-state index is 0.0192. The lowest BCUT2D eigenvalue weighted by Gasteiger charge is -2.28. The first-order valence-electron chi connectivity index (χ1n) is 10.6. The minimum Gasteiger partial charge on any atom is -0.497 e. The van der Waals surface area contributed by atoms with Gasteiger partial charge < -0.3 is 19.7 Å². The quantitative estimate of drug-likeness (QED) is 0.464. The minimum atomic E-state index is -0.354. The van der Waals surface area contributed by atoms with Gasteiger partial charge >= 0.3 is 0 Å². The van der Waals surface area contributed by atoms with E-state index in [4.69, 9.17) is 9.47 Å². The zero-order valence-electron chi connectivity index (χ0n) is 18.3. The van der Waals surface area contributed by atoms with Crippen molar-refractivity contribution >= 4 is 33.8 Å². The van der Waals surface area contributed by atoms with Gasteiger partial charge in [0.15, 0.2) is 0 Å². The predicted octanol–water partition coefficient (Wildman–Crippen LogP) is 3.13. The second-order valence-electron chi connectivity index (χ2n) is 7.38. The summed E-state index contributed by atoms with van der Waals surface area (Å²) in [4.78, 5) is 27.7. The topological polar surface area (TPSA) is 91.9 Å². The van der Waals surface area contributed by atoms with Crippen LogP contribution in [-0.4, -0.2) is 51.8 Å². The van der Waals surface area contributed by atoms with Crippen LogP contribution >= 0.6 is 11.3 Å². The number of rotatable bonds is 7. The van der Waals surface area contributed by atoms with Crippen molar-refractivity contribution in [1.29, 1.82) is 0 Å². The maximum atomic E-state index is 12.8. The van der Waals surface area contributed by atoms with Crippen LogP contribution in [0.2, 0.25) is 0 Å². The molecule has 0 bridgehead atoms. The van der Waals surface area contributed by atoms with Crippen molar-refractivity contribution in [3.63, 3.8) is 0 Å². The number of hydrazine groups is 1. The molecule has 2 amide bonds. The third-order valence-electron chi connectivity index (χ3n) is 5.18. The molecule has 1 aliphatic heterocycles. The molecule has 1 aromatic heterocycles. The molecular formula is C24H26N4O4S. The molecule has 0 radical (unpaired) electrons. The number of methoxy groups -OCH3 is 1. The SMILES string of the molecule is COc1ccc(NCC(=O)NNC(=O)c2cc(-c3ccccc3)c(N3CCOCC3)s2)cc1. The Morgan fingerprint density at radius 3 is 2.45 bits per heavy atom. The Morgan fingerprint density at radius 2 is 1.76 bits per heavy atom. The fourth-order valence-electron chi connectivity index (χ4n) is 3.44. The van der Waals surface area contributed by atoms with Crippen LogP contribution in [-0.2, 0) is 9.53 Å². The van der Waals surface area contributed by atoms with Crippen molar-refractivity contribution in [2.24, 2.45) is 0 Å². The smallest absolute Gasteiger partial charge is 0.279 e. The number of morpholine rings is 1. The van der Waals surface area contributed by atoms with Gasteiger partial charge in [0.2, 0.25) is 0 Å². The normalized spacial score (nSPS) is 13.3. The van der Waals surface area contributed by atoms with E-state index < -0.39 is 0 Å². The number of benzene rings is 2. The Labute approximate surface area is 196 Å². The van der Waals surface area contributed by atoms with Crippen LogP contribution in [0.3, 0.4) is 0 Å². The molecule has 8 nitrogen and oxygen atoms in total. The molecule has 0 spiro atoms. The number of nitrogens with zero attached hydrogens (tertiary/aromatic N) is 1. The summed E-state index contributed by atoms with van der Waals surface area (Å²) >= 11 is 1.41. The Balaban J connectivity index is 1.39.